The van der Waals surface area contributed by atoms with Crippen molar-refractivity contribution in [3.63, 3.8) is 0 Å². The number of carbonyl (C=O) groups excluding carboxylic acids is 1. The van der Waals surface area contributed by atoms with Gasteiger partial charge >= 0.3 is 0 Å². The van der Waals surface area contributed by atoms with E-state index in [1.54, 1.807) is 35.9 Å². The largest absolute Gasteiger partial charge is 0.497 e. The predicted molar refractivity (Wildman–Crippen MR) is 100 cm³/mol. The third kappa shape index (κ3) is 3.70. The molecule has 0 radical (unpaired) electrons. The number of aryl methyl sites for hydroxylation is 1. The quantitative estimate of drug-likeness (QED) is 0.781. The zero-order valence-corrected chi connectivity index (χ0v) is 15.8. The first kappa shape index (κ1) is 18.3. The van der Waals surface area contributed by atoms with E-state index < -0.39 is 0 Å². The Hall–Kier alpha value is -2.48. The maximum atomic E-state index is 12.5. The molecule has 2 heterocycles. The van der Waals surface area contributed by atoms with Crippen LogP contribution in [0.15, 0.2) is 34.2 Å². The van der Waals surface area contributed by atoms with Gasteiger partial charge in [-0.05, 0) is 18.6 Å². The summed E-state index contributed by atoms with van der Waals surface area (Å²) in [5.74, 6) is 1.64. The van der Waals surface area contributed by atoms with Gasteiger partial charge in [0.25, 0.3) is 5.56 Å². The molecular weight excluding hydrogens is 354 g/mol. The average molecular weight is 375 g/mol. The molecule has 0 saturated heterocycles. The summed E-state index contributed by atoms with van der Waals surface area (Å²) in [5, 5.41) is 3.54. The molecule has 1 N–H and O–H groups in total. The normalized spacial score (nSPS) is 15.4. The van der Waals surface area contributed by atoms with Crippen molar-refractivity contribution in [2.45, 2.75) is 31.0 Å². The lowest BCUT2D eigenvalue weighted by Gasteiger charge is -2.15. The van der Waals surface area contributed by atoms with Gasteiger partial charge in [-0.15, -0.1) is 0 Å². The molecule has 0 fully saturated rings. The second kappa shape index (κ2) is 7.82. The van der Waals surface area contributed by atoms with Crippen molar-refractivity contribution in [3.8, 4) is 11.5 Å². The van der Waals surface area contributed by atoms with E-state index in [9.17, 15) is 9.59 Å². The first-order chi connectivity index (χ1) is 12.5. The number of nitrogens with one attached hydrogen (secondary N) is 1. The molecule has 1 unspecified atom stereocenters. The minimum atomic E-state index is -0.204. The number of benzene rings is 1. The summed E-state index contributed by atoms with van der Waals surface area (Å²) in [6.45, 7) is 1.96. The lowest BCUT2D eigenvalue weighted by molar-refractivity contribution is -0.116. The Morgan fingerprint density at radius 3 is 2.85 bits per heavy atom. The second-order valence-electron chi connectivity index (χ2n) is 5.88. The molecule has 1 atom stereocenters. The summed E-state index contributed by atoms with van der Waals surface area (Å²) in [7, 11) is 3.10. The number of amides is 1. The Bertz CT molecular complexity index is 881. The van der Waals surface area contributed by atoms with Crippen LogP contribution in [-0.2, 0) is 11.2 Å². The van der Waals surface area contributed by atoms with Gasteiger partial charge in [-0.2, -0.15) is 0 Å². The first-order valence-corrected chi connectivity index (χ1v) is 9.31. The van der Waals surface area contributed by atoms with Gasteiger partial charge in [-0.3, -0.25) is 14.2 Å². The van der Waals surface area contributed by atoms with Gasteiger partial charge < -0.3 is 14.8 Å². The molecule has 1 aromatic heterocycles. The number of fused-ring (bicyclic) bond motifs is 1. The van der Waals surface area contributed by atoms with Gasteiger partial charge in [0.2, 0.25) is 5.91 Å². The Kier molecular flexibility index (Phi) is 5.51. The molecule has 0 bridgehead atoms. The van der Waals surface area contributed by atoms with Crippen LogP contribution in [-0.4, -0.2) is 35.4 Å². The summed E-state index contributed by atoms with van der Waals surface area (Å²) in [6, 6.07) is 6.53. The standard InChI is InChI=1S/C18H21N3O4S/c1-4-11-7-17(23)21-12(10-26-18(21)19-11)8-16(22)20-14-6-5-13(24-2)9-15(14)25-3/h5-7,9,12H,4,8,10H2,1-3H3,(H,20,22). The number of ether oxygens (including phenoxy) is 2. The van der Waals surface area contributed by atoms with E-state index in [1.807, 2.05) is 6.92 Å². The maximum absolute atomic E-state index is 12.5. The molecule has 0 saturated carbocycles. The van der Waals surface area contributed by atoms with E-state index in [2.05, 4.69) is 10.3 Å². The Morgan fingerprint density at radius 2 is 2.15 bits per heavy atom. The van der Waals surface area contributed by atoms with Crippen molar-refractivity contribution >= 4 is 23.4 Å². The molecule has 2 aromatic rings. The molecule has 3 rings (SSSR count). The summed E-state index contributed by atoms with van der Waals surface area (Å²) >= 11 is 1.51. The van der Waals surface area contributed by atoms with Crippen LogP contribution >= 0.6 is 11.8 Å². The molecular formula is C18H21N3O4S. The highest BCUT2D eigenvalue weighted by Crippen LogP contribution is 2.33. The van der Waals surface area contributed by atoms with Gasteiger partial charge in [-0.25, -0.2) is 4.98 Å². The van der Waals surface area contributed by atoms with Crippen molar-refractivity contribution < 1.29 is 14.3 Å². The van der Waals surface area contributed by atoms with Crippen LogP contribution in [0.5, 0.6) is 11.5 Å². The van der Waals surface area contributed by atoms with Crippen LogP contribution in [0.4, 0.5) is 5.69 Å². The van der Waals surface area contributed by atoms with Crippen molar-refractivity contribution in [2.24, 2.45) is 0 Å². The first-order valence-electron chi connectivity index (χ1n) is 8.32. The number of carbonyl (C=O) groups is 1. The van der Waals surface area contributed by atoms with Gasteiger partial charge in [0.15, 0.2) is 5.16 Å². The summed E-state index contributed by atoms with van der Waals surface area (Å²) in [5.41, 5.74) is 1.24. The lowest BCUT2D eigenvalue weighted by Crippen LogP contribution is -2.27. The number of rotatable bonds is 6. The second-order valence-corrected chi connectivity index (χ2v) is 6.86. The van der Waals surface area contributed by atoms with Crippen LogP contribution in [0.25, 0.3) is 0 Å². The number of nitrogens with zero attached hydrogens (tertiary/aromatic N) is 2. The summed E-state index contributed by atoms with van der Waals surface area (Å²) in [4.78, 5) is 29.3. The van der Waals surface area contributed by atoms with E-state index >= 15 is 0 Å². The van der Waals surface area contributed by atoms with E-state index in [-0.39, 0.29) is 23.9 Å². The van der Waals surface area contributed by atoms with Gasteiger partial charge in [0.05, 0.1) is 25.9 Å². The van der Waals surface area contributed by atoms with Crippen molar-refractivity contribution in [1.29, 1.82) is 0 Å². The molecule has 0 aliphatic carbocycles. The number of thioether (sulfide) groups is 1. The number of hydrogen-bond acceptors (Lipinski definition) is 6. The number of aromatic nitrogens is 2. The average Bonchev–Trinajstić information content (AvgIpc) is 3.04. The topological polar surface area (TPSA) is 82.5 Å². The highest BCUT2D eigenvalue weighted by atomic mass is 32.2. The maximum Gasteiger partial charge on any atom is 0.254 e. The van der Waals surface area contributed by atoms with E-state index in [0.717, 1.165) is 5.69 Å². The fraction of sp³-hybridized carbons (Fsp3) is 0.389. The molecule has 1 aliphatic heterocycles. The number of hydrogen-bond donors (Lipinski definition) is 1. The Morgan fingerprint density at radius 1 is 1.35 bits per heavy atom. The zero-order chi connectivity index (χ0) is 18.7. The Labute approximate surface area is 155 Å². The molecule has 0 spiro atoms. The molecule has 1 amide bonds. The number of methoxy groups -OCH3 is 2. The van der Waals surface area contributed by atoms with E-state index in [0.29, 0.717) is 34.5 Å². The fourth-order valence-electron chi connectivity index (χ4n) is 2.85. The van der Waals surface area contributed by atoms with Crippen LogP contribution in [0.3, 0.4) is 0 Å². The minimum absolute atomic E-state index is 0.100. The van der Waals surface area contributed by atoms with Gasteiger partial charge in [-0.1, -0.05) is 18.7 Å². The highest BCUT2D eigenvalue weighted by molar-refractivity contribution is 7.99. The van der Waals surface area contributed by atoms with Crippen molar-refractivity contribution in [1.82, 2.24) is 9.55 Å². The van der Waals surface area contributed by atoms with E-state index in [4.69, 9.17) is 9.47 Å². The smallest absolute Gasteiger partial charge is 0.254 e. The third-order valence-electron chi connectivity index (χ3n) is 4.21. The fourth-order valence-corrected chi connectivity index (χ4v) is 4.02. The minimum Gasteiger partial charge on any atom is -0.497 e. The molecule has 1 aromatic carbocycles. The van der Waals surface area contributed by atoms with Crippen LogP contribution in [0, 0.1) is 0 Å². The number of anilines is 1. The third-order valence-corrected chi connectivity index (χ3v) is 5.31. The molecule has 26 heavy (non-hydrogen) atoms. The van der Waals surface area contributed by atoms with E-state index in [1.165, 1.54) is 18.9 Å². The zero-order valence-electron chi connectivity index (χ0n) is 14.9. The van der Waals surface area contributed by atoms with Crippen LogP contribution in [0.1, 0.15) is 25.1 Å². The van der Waals surface area contributed by atoms with Crippen molar-refractivity contribution in [2.75, 3.05) is 25.3 Å². The summed E-state index contributed by atoms with van der Waals surface area (Å²) in [6.07, 6.45) is 0.911. The van der Waals surface area contributed by atoms with Gasteiger partial charge in [0.1, 0.15) is 11.5 Å². The van der Waals surface area contributed by atoms with Crippen LogP contribution < -0.4 is 20.3 Å². The van der Waals surface area contributed by atoms with Crippen LogP contribution in [0.2, 0.25) is 0 Å². The monoisotopic (exact) mass is 375 g/mol. The molecule has 7 nitrogen and oxygen atoms in total. The molecule has 138 valence electrons. The SMILES string of the molecule is CCc1cc(=O)n2c(n1)SCC2CC(=O)Nc1ccc(OC)cc1OC. The highest BCUT2D eigenvalue weighted by Gasteiger charge is 2.27. The van der Waals surface area contributed by atoms with Crippen molar-refractivity contribution in [3.05, 3.63) is 40.3 Å². The Balaban J connectivity index is 1.74. The predicted octanol–water partition coefficient (Wildman–Crippen LogP) is 2.50. The summed E-state index contributed by atoms with van der Waals surface area (Å²) < 4.78 is 12.1. The molecule has 8 heteroatoms. The van der Waals surface area contributed by atoms with Gasteiger partial charge in [0, 0.05) is 30.0 Å². The molecule has 1 aliphatic rings. The lowest BCUT2D eigenvalue weighted by atomic mass is 10.2.